The first kappa shape index (κ1) is 128. The third kappa shape index (κ3) is 43.7. The summed E-state index contributed by atoms with van der Waals surface area (Å²) in [6.07, 6.45) is 31.1. The summed E-state index contributed by atoms with van der Waals surface area (Å²) in [5.74, 6) is 6.24. The van der Waals surface area contributed by atoms with Gasteiger partial charge in [-0.3, -0.25) is 52.9 Å². The zero-order chi connectivity index (χ0) is 111. The van der Waals surface area contributed by atoms with Crippen LogP contribution in [0.2, 0.25) is 0 Å². The van der Waals surface area contributed by atoms with E-state index in [9.17, 15) is 47.9 Å². The Morgan fingerprint density at radius 2 is 0.534 bits per heavy atom. The number of pyridine rings is 1. The molecule has 11 fully saturated rings. The highest BCUT2D eigenvalue weighted by atomic mass is 16.2. The van der Waals surface area contributed by atoms with Gasteiger partial charge in [-0.2, -0.15) is 0 Å². The van der Waals surface area contributed by atoms with E-state index >= 15 is 0 Å². The summed E-state index contributed by atoms with van der Waals surface area (Å²) in [5, 5.41) is 0. The summed E-state index contributed by atoms with van der Waals surface area (Å²) >= 11 is 0. The van der Waals surface area contributed by atoms with Crippen LogP contribution < -0.4 is 14.7 Å². The van der Waals surface area contributed by atoms with E-state index < -0.39 is 0 Å². The highest BCUT2D eigenvalue weighted by Gasteiger charge is 2.41. The van der Waals surface area contributed by atoms with Crippen molar-refractivity contribution < 1.29 is 47.9 Å². The van der Waals surface area contributed by atoms with Gasteiger partial charge in [0.1, 0.15) is 0 Å². The van der Waals surface area contributed by atoms with E-state index in [-0.39, 0.29) is 72.4 Å². The fourth-order valence-corrected chi connectivity index (χ4v) is 21.3. The maximum atomic E-state index is 12.2. The van der Waals surface area contributed by atoms with Crippen molar-refractivity contribution in [1.29, 1.82) is 0 Å². The van der Waals surface area contributed by atoms with Gasteiger partial charge in [-0.05, 0) is 169 Å². The SMILES string of the molecule is CC(C)(C)C(=O)N1CCC(N2CCCC2=O)CC1.CC(C)(C)C(=O)N1CCC(N2CCCCC2)CC1.CC(C)(C)C(=O)N1CCN(c2ccccc2)CC1.CC(C)(C)C(=O)N1CCN(c2ccccc2)CC1.CC(C)(C)C(=O)N1CCN(c2cccnc2)CC1.CC1CCN(C(=O)C(C)(C)C)CC1.CCC1CCN(C(=O)C(C)(C)C)CC1.CCCC1CCN(C(=O)C(C)(C)C)CC1.CCCCC1CCN(C(=O)C(C)(C)C)CC1. The molecule has 0 spiro atoms. The average molecular weight is 2060 g/mol. The first-order chi connectivity index (χ1) is 69.1. The van der Waals surface area contributed by atoms with Crippen molar-refractivity contribution >= 4 is 76.1 Å². The molecule has 3 aromatic rings. The molecule has 10 amide bonds. The molecular formula is C123H213N15O10. The Morgan fingerprint density at radius 3 is 0.797 bits per heavy atom. The predicted molar refractivity (Wildman–Crippen MR) is 612 cm³/mol. The van der Waals surface area contributed by atoms with Gasteiger partial charge in [0, 0.05) is 248 Å². The van der Waals surface area contributed by atoms with Gasteiger partial charge in [-0.15, -0.1) is 0 Å². The monoisotopic (exact) mass is 2060 g/mol. The molecule has 0 N–H and O–H groups in total. The number of hydrogen-bond acceptors (Lipinski definition) is 15. The lowest BCUT2D eigenvalue weighted by atomic mass is 9.89. The highest BCUT2D eigenvalue weighted by Crippen LogP contribution is 2.35. The Labute approximate surface area is 901 Å². The Morgan fingerprint density at radius 1 is 0.270 bits per heavy atom. The molecule has 148 heavy (non-hydrogen) atoms. The lowest BCUT2D eigenvalue weighted by molar-refractivity contribution is -0.142. The number of piperazine rings is 3. The number of para-hydroxylation sites is 2. The van der Waals surface area contributed by atoms with Gasteiger partial charge in [0.05, 0.1) is 11.9 Å². The fraction of sp³-hybridized carbons (Fsp3) is 0.780. The van der Waals surface area contributed by atoms with Gasteiger partial charge >= 0.3 is 0 Å². The number of rotatable bonds is 11. The number of amides is 10. The van der Waals surface area contributed by atoms with E-state index in [1.165, 1.54) is 146 Å². The molecular weight excluding hydrogens is 1850 g/mol. The number of carbonyl (C=O) groups is 10. The Balaban J connectivity index is 0.000000255. The van der Waals surface area contributed by atoms with Crippen LogP contribution in [-0.2, 0) is 47.9 Å². The van der Waals surface area contributed by atoms with E-state index in [1.807, 2.05) is 251 Å². The minimum atomic E-state index is -0.295. The number of likely N-dealkylation sites (tertiary alicyclic amines) is 8. The van der Waals surface area contributed by atoms with Crippen molar-refractivity contribution in [2.45, 2.75) is 374 Å². The van der Waals surface area contributed by atoms with Crippen molar-refractivity contribution in [1.82, 2.24) is 58.9 Å². The second-order valence-corrected chi connectivity index (χ2v) is 53.3. The van der Waals surface area contributed by atoms with Crippen LogP contribution in [0.15, 0.2) is 85.2 Å². The van der Waals surface area contributed by atoms with E-state index in [0.29, 0.717) is 47.9 Å². The standard InChI is InChI=1S/C15H28N2O.2C15H22N2O.C14H21N3O.C14H24N2O2.C14H27NO.C13H25NO.C12H23NO.C11H21NO/c1-15(2,3)14(18)17-11-7-13(8-12-17)16-9-5-4-6-10-16;2*1-15(2,3)14(18)17-11-9-16(10-12-17)13-7-5-4-6-8-13;1-14(2,3)13(18)17-9-7-16(8-10-17)12-5-4-6-15-11-12;1-14(2,3)13(18)15-9-6-11(7-10-15)16-8-4-5-12(16)17;1-5-6-7-12-8-10-15(11-9-12)13(16)14(2,3)4;1-5-6-11-7-9-14(10-8-11)12(15)13(2,3)4;1-5-10-6-8-13(9-7-10)11(14)12(2,3)4;1-9-5-7-12(8-6-9)10(13)11(2,3)4/h13H,4-12H2,1-3H3;2*4-8H,9-12H2,1-3H3;4-6,11H,7-10H2,1-3H3;11H,4-10H2,1-3H3;12H,5-11H2,1-4H3;11H,5-10H2,1-4H3;10H,5-9H2,1-4H3;9H,5-8H2,1-4H3. The molecule has 0 radical (unpaired) electrons. The van der Waals surface area contributed by atoms with Gasteiger partial charge in [-0.25, -0.2) is 0 Å². The van der Waals surface area contributed by atoms with Crippen molar-refractivity contribution in [2.75, 3.05) is 191 Å². The summed E-state index contributed by atoms with van der Waals surface area (Å²) in [5.41, 5.74) is 1.46. The summed E-state index contributed by atoms with van der Waals surface area (Å²) in [7, 11) is 0. The molecule has 11 aliphatic rings. The van der Waals surface area contributed by atoms with Gasteiger partial charge in [0.15, 0.2) is 0 Å². The Bertz CT molecular complexity index is 4200. The van der Waals surface area contributed by atoms with Crippen LogP contribution in [-0.4, -0.2) is 307 Å². The lowest BCUT2D eigenvalue weighted by Gasteiger charge is -2.41. The largest absolute Gasteiger partial charge is 0.368 e. The Hall–Kier alpha value is -8.35. The number of benzene rings is 2. The molecule has 14 rings (SSSR count). The van der Waals surface area contributed by atoms with Crippen molar-refractivity contribution in [2.24, 2.45) is 72.4 Å². The molecule has 0 bridgehead atoms. The molecule has 0 atom stereocenters. The maximum Gasteiger partial charge on any atom is 0.228 e. The lowest BCUT2D eigenvalue weighted by Crippen LogP contribution is -2.51. The molecule has 0 unspecified atom stereocenters. The van der Waals surface area contributed by atoms with Crippen LogP contribution >= 0.6 is 0 Å². The summed E-state index contributed by atoms with van der Waals surface area (Å²) in [6, 6.07) is 25.9. The molecule has 2 aromatic carbocycles. The van der Waals surface area contributed by atoms with E-state index in [0.717, 1.165) is 218 Å². The number of carbonyl (C=O) groups excluding carboxylic acids is 10. The second-order valence-electron chi connectivity index (χ2n) is 53.3. The van der Waals surface area contributed by atoms with Crippen LogP contribution in [0.25, 0.3) is 0 Å². The number of nitrogens with zero attached hydrogens (tertiary/aromatic N) is 15. The van der Waals surface area contributed by atoms with Crippen LogP contribution in [0.5, 0.6) is 0 Å². The van der Waals surface area contributed by atoms with Crippen LogP contribution in [0.4, 0.5) is 17.1 Å². The number of hydrogen-bond donors (Lipinski definition) is 0. The molecule has 11 aliphatic heterocycles. The van der Waals surface area contributed by atoms with Crippen molar-refractivity contribution in [3.05, 3.63) is 85.2 Å². The van der Waals surface area contributed by atoms with Crippen LogP contribution in [0.1, 0.15) is 362 Å². The van der Waals surface area contributed by atoms with E-state index in [1.54, 1.807) is 6.20 Å². The summed E-state index contributed by atoms with van der Waals surface area (Å²) in [6.45, 7) is 87.9. The van der Waals surface area contributed by atoms with E-state index in [2.05, 4.69) is 117 Å². The number of unbranched alkanes of at least 4 members (excludes halogenated alkanes) is 1. The van der Waals surface area contributed by atoms with E-state index in [4.69, 9.17) is 0 Å². The zero-order valence-corrected chi connectivity index (χ0v) is 99.7. The minimum absolute atomic E-state index is 0.208. The molecule has 25 heteroatoms. The van der Waals surface area contributed by atoms with Gasteiger partial charge in [0.25, 0.3) is 0 Å². The molecule has 12 heterocycles. The molecule has 0 aliphatic carbocycles. The fourth-order valence-electron chi connectivity index (χ4n) is 21.3. The summed E-state index contributed by atoms with van der Waals surface area (Å²) in [4.78, 5) is 154. The van der Waals surface area contributed by atoms with Gasteiger partial charge in [0.2, 0.25) is 59.1 Å². The van der Waals surface area contributed by atoms with Crippen LogP contribution in [0.3, 0.4) is 0 Å². The van der Waals surface area contributed by atoms with Crippen molar-refractivity contribution in [3.8, 4) is 0 Å². The first-order valence-corrected chi connectivity index (χ1v) is 58.0. The molecule has 25 nitrogen and oxygen atoms in total. The highest BCUT2D eigenvalue weighted by molar-refractivity contribution is 5.86. The second kappa shape index (κ2) is 59.8. The minimum Gasteiger partial charge on any atom is -0.368 e. The number of piperidine rings is 7. The topological polar surface area (TPSA) is 229 Å². The molecule has 1 aromatic heterocycles. The quantitative estimate of drug-likeness (QED) is 0.174. The normalized spacial score (nSPS) is 19.5. The Kier molecular flexibility index (Phi) is 51.8. The third-order valence-corrected chi connectivity index (χ3v) is 30.7. The smallest absolute Gasteiger partial charge is 0.228 e. The first-order valence-electron chi connectivity index (χ1n) is 58.0. The number of aromatic nitrogens is 1. The molecule has 0 saturated carbocycles. The number of anilines is 3. The summed E-state index contributed by atoms with van der Waals surface area (Å²) < 4.78 is 0. The molecule has 840 valence electrons. The maximum absolute atomic E-state index is 12.2. The van der Waals surface area contributed by atoms with Gasteiger partial charge < -0.3 is 68.6 Å². The van der Waals surface area contributed by atoms with Crippen LogP contribution in [0, 0.1) is 72.4 Å². The molecule has 11 saturated heterocycles. The van der Waals surface area contributed by atoms with Crippen molar-refractivity contribution in [3.63, 3.8) is 0 Å². The van der Waals surface area contributed by atoms with Gasteiger partial charge in [-0.1, -0.05) is 296 Å². The average Bonchev–Trinajstić information content (AvgIpc) is 0.879. The predicted octanol–water partition coefficient (Wildman–Crippen LogP) is 22.2. The zero-order valence-electron chi connectivity index (χ0n) is 99.7. The third-order valence-electron chi connectivity index (χ3n) is 30.7.